The van der Waals surface area contributed by atoms with E-state index in [-0.39, 0.29) is 11.7 Å². The number of nitrogens with one attached hydrogen (secondary N) is 2. The zero-order valence-electron chi connectivity index (χ0n) is 13.3. The van der Waals surface area contributed by atoms with Crippen molar-refractivity contribution >= 4 is 5.91 Å². The first-order chi connectivity index (χ1) is 11.7. The van der Waals surface area contributed by atoms with Gasteiger partial charge in [0, 0.05) is 5.56 Å². The molecule has 124 valence electrons. The average molecular weight is 326 g/mol. The van der Waals surface area contributed by atoms with Crippen molar-refractivity contribution in [1.29, 1.82) is 0 Å². The molecule has 1 fully saturated rings. The van der Waals surface area contributed by atoms with E-state index in [4.69, 9.17) is 0 Å². The summed E-state index contributed by atoms with van der Waals surface area (Å²) >= 11 is 0. The topological polar surface area (TPSA) is 61.0 Å². The van der Waals surface area contributed by atoms with E-state index in [2.05, 4.69) is 32.3 Å². The summed E-state index contributed by atoms with van der Waals surface area (Å²) in [5.74, 6) is 5.46. The third kappa shape index (κ3) is 4.21. The molecule has 3 rings (SSSR count). The lowest BCUT2D eigenvalue weighted by Gasteiger charge is -2.08. The Balaban J connectivity index is 1.50. The van der Waals surface area contributed by atoms with Crippen LogP contribution in [0.15, 0.2) is 30.3 Å². The van der Waals surface area contributed by atoms with Gasteiger partial charge < -0.3 is 5.32 Å². The first kappa shape index (κ1) is 16.2. The number of hydrogen-bond acceptors (Lipinski definition) is 3. The van der Waals surface area contributed by atoms with Gasteiger partial charge in [0.1, 0.15) is 11.5 Å². The number of rotatable bonds is 4. The van der Waals surface area contributed by atoms with Crippen molar-refractivity contribution in [2.24, 2.45) is 0 Å². The minimum absolute atomic E-state index is 0.258. The van der Waals surface area contributed by atoms with Crippen molar-refractivity contribution < 1.29 is 9.18 Å². The van der Waals surface area contributed by atoms with E-state index < -0.39 is 0 Å². The Morgan fingerprint density at radius 1 is 1.25 bits per heavy atom. The Bertz CT molecular complexity index is 751. The number of aromatic amines is 1. The molecule has 0 saturated carbocycles. The van der Waals surface area contributed by atoms with Gasteiger partial charge >= 0.3 is 0 Å². The zero-order chi connectivity index (χ0) is 16.8. The van der Waals surface area contributed by atoms with Crippen molar-refractivity contribution in [2.75, 3.05) is 26.2 Å². The highest BCUT2D eigenvalue weighted by Gasteiger charge is 2.11. The van der Waals surface area contributed by atoms with Gasteiger partial charge in [0.05, 0.1) is 18.8 Å². The standard InChI is InChI=1S/C18H19FN4O/c19-15-7-5-14(6-8-15)16-13-17(22-21-16)18(24)20-9-1-2-10-23-11-3-4-12-23/h5-8,13H,3-4,9-12H2,(H,20,24)(H,21,22). The van der Waals surface area contributed by atoms with Crippen LogP contribution < -0.4 is 5.32 Å². The van der Waals surface area contributed by atoms with E-state index in [1.165, 1.54) is 25.0 Å². The van der Waals surface area contributed by atoms with Crippen LogP contribution in [0, 0.1) is 17.7 Å². The monoisotopic (exact) mass is 326 g/mol. The lowest BCUT2D eigenvalue weighted by molar-refractivity contribution is 0.0953. The highest BCUT2D eigenvalue weighted by molar-refractivity contribution is 5.93. The maximum Gasteiger partial charge on any atom is 0.270 e. The van der Waals surface area contributed by atoms with Gasteiger partial charge in [-0.1, -0.05) is 11.8 Å². The molecule has 0 unspecified atom stereocenters. The molecule has 24 heavy (non-hydrogen) atoms. The molecule has 0 aliphatic carbocycles. The smallest absolute Gasteiger partial charge is 0.270 e. The van der Waals surface area contributed by atoms with E-state index in [9.17, 15) is 9.18 Å². The highest BCUT2D eigenvalue weighted by Crippen LogP contribution is 2.17. The maximum atomic E-state index is 12.9. The summed E-state index contributed by atoms with van der Waals surface area (Å²) in [7, 11) is 0. The van der Waals surface area contributed by atoms with Gasteiger partial charge in [0.25, 0.3) is 5.91 Å². The normalized spacial score (nSPS) is 14.2. The van der Waals surface area contributed by atoms with Gasteiger partial charge in [-0.25, -0.2) is 4.39 Å². The molecule has 0 radical (unpaired) electrons. The summed E-state index contributed by atoms with van der Waals surface area (Å²) in [5, 5.41) is 9.51. The highest BCUT2D eigenvalue weighted by atomic mass is 19.1. The maximum absolute atomic E-state index is 12.9. The molecule has 1 aromatic carbocycles. The second-order valence-corrected chi connectivity index (χ2v) is 5.69. The van der Waals surface area contributed by atoms with Crippen LogP contribution in [-0.2, 0) is 0 Å². The van der Waals surface area contributed by atoms with E-state index in [1.54, 1.807) is 18.2 Å². The predicted octanol–water partition coefficient (Wildman–Crippen LogP) is 2.04. The lowest BCUT2D eigenvalue weighted by Crippen LogP contribution is -2.24. The molecule has 1 aliphatic rings. The second kappa shape index (κ2) is 7.75. The van der Waals surface area contributed by atoms with Gasteiger partial charge in [-0.3, -0.25) is 14.8 Å². The number of hydrogen-bond donors (Lipinski definition) is 2. The lowest BCUT2D eigenvalue weighted by atomic mass is 10.1. The molecule has 0 bridgehead atoms. The molecular weight excluding hydrogens is 307 g/mol. The van der Waals surface area contributed by atoms with Crippen LogP contribution in [0.5, 0.6) is 0 Å². The fraction of sp³-hybridized carbons (Fsp3) is 0.333. The van der Waals surface area contributed by atoms with Gasteiger partial charge in [0.15, 0.2) is 0 Å². The molecule has 6 heteroatoms. The second-order valence-electron chi connectivity index (χ2n) is 5.69. The molecule has 1 amide bonds. The SMILES string of the molecule is O=C(NCC#CCN1CCCC1)c1cc(-c2ccc(F)cc2)n[nH]1. The first-order valence-electron chi connectivity index (χ1n) is 8.00. The van der Waals surface area contributed by atoms with Crippen molar-refractivity contribution in [3.63, 3.8) is 0 Å². The van der Waals surface area contributed by atoms with E-state index >= 15 is 0 Å². The minimum Gasteiger partial charge on any atom is -0.340 e. The first-order valence-corrected chi connectivity index (χ1v) is 8.00. The van der Waals surface area contributed by atoms with Crippen LogP contribution in [0.25, 0.3) is 11.3 Å². The Morgan fingerprint density at radius 2 is 2.00 bits per heavy atom. The Kier molecular flexibility index (Phi) is 5.24. The third-order valence-electron chi connectivity index (χ3n) is 3.93. The number of carbonyl (C=O) groups is 1. The third-order valence-corrected chi connectivity index (χ3v) is 3.93. The quantitative estimate of drug-likeness (QED) is 0.846. The molecule has 0 spiro atoms. The molecule has 2 N–H and O–H groups in total. The van der Waals surface area contributed by atoms with Gasteiger partial charge in [-0.15, -0.1) is 0 Å². The fourth-order valence-electron chi connectivity index (χ4n) is 2.60. The summed E-state index contributed by atoms with van der Waals surface area (Å²) in [6.07, 6.45) is 2.49. The molecule has 1 aromatic heterocycles. The van der Waals surface area contributed by atoms with Gasteiger partial charge in [0.2, 0.25) is 0 Å². The van der Waals surface area contributed by atoms with E-state index in [0.29, 0.717) is 17.9 Å². The molecule has 1 saturated heterocycles. The molecule has 5 nitrogen and oxygen atoms in total. The van der Waals surface area contributed by atoms with Crippen LogP contribution in [0.4, 0.5) is 4.39 Å². The molecular formula is C18H19FN4O. The van der Waals surface area contributed by atoms with Crippen molar-refractivity contribution in [1.82, 2.24) is 20.4 Å². The molecule has 2 aromatic rings. The van der Waals surface area contributed by atoms with Crippen molar-refractivity contribution in [3.8, 4) is 23.1 Å². The predicted molar refractivity (Wildman–Crippen MR) is 89.8 cm³/mol. The average Bonchev–Trinajstić information content (AvgIpc) is 3.27. The number of likely N-dealkylation sites (tertiary alicyclic amines) is 1. The van der Waals surface area contributed by atoms with Gasteiger partial charge in [-0.05, 0) is 56.3 Å². The number of H-pyrrole nitrogens is 1. The van der Waals surface area contributed by atoms with Gasteiger partial charge in [-0.2, -0.15) is 5.10 Å². The van der Waals surface area contributed by atoms with Crippen molar-refractivity contribution in [2.45, 2.75) is 12.8 Å². The van der Waals surface area contributed by atoms with E-state index in [1.807, 2.05) is 0 Å². The minimum atomic E-state index is -0.306. The number of aromatic nitrogens is 2. The molecule has 2 heterocycles. The van der Waals surface area contributed by atoms with Crippen LogP contribution in [0.1, 0.15) is 23.3 Å². The Labute approximate surface area is 140 Å². The van der Waals surface area contributed by atoms with Crippen molar-refractivity contribution in [3.05, 3.63) is 41.8 Å². The number of amides is 1. The van der Waals surface area contributed by atoms with Crippen LogP contribution in [-0.4, -0.2) is 47.2 Å². The summed E-state index contributed by atoms with van der Waals surface area (Å²) < 4.78 is 12.9. The Morgan fingerprint density at radius 3 is 2.75 bits per heavy atom. The molecule has 1 aliphatic heterocycles. The summed E-state index contributed by atoms with van der Waals surface area (Å²) in [6, 6.07) is 7.60. The number of nitrogens with zero attached hydrogens (tertiary/aromatic N) is 2. The summed E-state index contributed by atoms with van der Waals surface area (Å²) in [4.78, 5) is 14.3. The zero-order valence-corrected chi connectivity index (χ0v) is 13.3. The fourth-order valence-corrected chi connectivity index (χ4v) is 2.60. The number of benzene rings is 1. The summed E-state index contributed by atoms with van der Waals surface area (Å²) in [5.41, 5.74) is 1.70. The Hall–Kier alpha value is -2.65. The summed E-state index contributed by atoms with van der Waals surface area (Å²) in [6.45, 7) is 3.29. The largest absolute Gasteiger partial charge is 0.340 e. The number of halogens is 1. The number of carbonyl (C=O) groups excluding carboxylic acids is 1. The van der Waals surface area contributed by atoms with Crippen LogP contribution in [0.3, 0.4) is 0 Å². The van der Waals surface area contributed by atoms with Crippen LogP contribution >= 0.6 is 0 Å². The van der Waals surface area contributed by atoms with Crippen LogP contribution in [0.2, 0.25) is 0 Å². The molecule has 0 atom stereocenters. The van der Waals surface area contributed by atoms with E-state index in [0.717, 1.165) is 25.2 Å².